The first-order valence-electron chi connectivity index (χ1n) is 5.25. The quantitative estimate of drug-likeness (QED) is 0.787. The summed E-state index contributed by atoms with van der Waals surface area (Å²) >= 11 is 4.65. The van der Waals surface area contributed by atoms with Gasteiger partial charge in [-0.3, -0.25) is 4.79 Å². The highest BCUT2D eigenvalue weighted by Gasteiger charge is 2.11. The largest absolute Gasteiger partial charge is 0.351 e. The third kappa shape index (κ3) is 5.05. The predicted molar refractivity (Wildman–Crippen MR) is 76.4 cm³/mol. The van der Waals surface area contributed by atoms with Gasteiger partial charge in [-0.25, -0.2) is 12.7 Å². The molecule has 1 rings (SSSR count). The minimum atomic E-state index is -3.14. The van der Waals surface area contributed by atoms with Crippen molar-refractivity contribution >= 4 is 43.2 Å². The Morgan fingerprint density at radius 3 is 2.67 bits per heavy atom. The van der Waals surface area contributed by atoms with E-state index in [4.69, 9.17) is 0 Å². The molecule has 0 bridgehead atoms. The summed E-state index contributed by atoms with van der Waals surface area (Å²) in [5.41, 5.74) is 0. The van der Waals surface area contributed by atoms with Crippen LogP contribution in [0.1, 0.15) is 16.1 Å². The number of hydrogen-bond donors (Lipinski definition) is 1. The molecule has 0 aromatic carbocycles. The van der Waals surface area contributed by atoms with Crippen LogP contribution in [0.15, 0.2) is 15.9 Å². The molecule has 1 aromatic rings. The molecule has 1 N–H and O–H groups in total. The molecule has 0 radical (unpaired) electrons. The summed E-state index contributed by atoms with van der Waals surface area (Å²) in [5.74, 6) is -0.132. The van der Waals surface area contributed by atoms with Crippen molar-refractivity contribution in [1.29, 1.82) is 0 Å². The number of carbonyl (C=O) groups is 1. The summed E-state index contributed by atoms with van der Waals surface area (Å²) in [5, 5.41) is 2.75. The molecular weight excluding hydrogens is 340 g/mol. The lowest BCUT2D eigenvalue weighted by molar-refractivity contribution is 0.0957. The molecule has 0 aliphatic heterocycles. The number of nitrogens with one attached hydrogen (secondary N) is 1. The van der Waals surface area contributed by atoms with E-state index in [1.165, 1.54) is 22.7 Å². The zero-order valence-corrected chi connectivity index (χ0v) is 13.4. The summed E-state index contributed by atoms with van der Waals surface area (Å²) in [7, 11) is -1.61. The smallest absolute Gasteiger partial charge is 0.261 e. The molecular formula is C10H15BrN2O3S2. The van der Waals surface area contributed by atoms with Crippen LogP contribution in [0.5, 0.6) is 0 Å². The van der Waals surface area contributed by atoms with Gasteiger partial charge in [-0.05, 0) is 34.5 Å². The molecule has 0 unspecified atom stereocenters. The summed E-state index contributed by atoms with van der Waals surface area (Å²) in [6.07, 6.45) is 1.75. The van der Waals surface area contributed by atoms with Crippen molar-refractivity contribution in [2.24, 2.45) is 0 Å². The Labute approximate surface area is 119 Å². The molecule has 0 aliphatic rings. The molecule has 5 nitrogen and oxygen atoms in total. The SMILES string of the molecule is CN(CCCNC(=O)c1ccc(Br)s1)S(C)(=O)=O. The van der Waals surface area contributed by atoms with E-state index in [0.29, 0.717) is 24.4 Å². The number of nitrogens with zero attached hydrogens (tertiary/aromatic N) is 1. The summed E-state index contributed by atoms with van der Waals surface area (Å²) < 4.78 is 24.4. The first-order valence-corrected chi connectivity index (χ1v) is 8.71. The molecule has 0 fully saturated rings. The van der Waals surface area contributed by atoms with Gasteiger partial charge in [0.15, 0.2) is 0 Å². The van der Waals surface area contributed by atoms with Gasteiger partial charge in [0, 0.05) is 20.1 Å². The standard InChI is InChI=1S/C10H15BrN2O3S2/c1-13(18(2,15)16)7-3-6-12-10(14)8-4-5-9(11)17-8/h4-5H,3,6-7H2,1-2H3,(H,12,14). The molecule has 0 atom stereocenters. The van der Waals surface area contributed by atoms with E-state index in [1.807, 2.05) is 6.07 Å². The molecule has 1 heterocycles. The minimum Gasteiger partial charge on any atom is -0.351 e. The molecule has 0 saturated heterocycles. The average molecular weight is 355 g/mol. The molecule has 0 saturated carbocycles. The highest BCUT2D eigenvalue weighted by Crippen LogP contribution is 2.21. The Morgan fingerprint density at radius 2 is 2.17 bits per heavy atom. The third-order valence-electron chi connectivity index (χ3n) is 2.30. The highest BCUT2D eigenvalue weighted by molar-refractivity contribution is 9.11. The fourth-order valence-corrected chi connectivity index (χ4v) is 2.96. The van der Waals surface area contributed by atoms with Gasteiger partial charge in [-0.2, -0.15) is 0 Å². The predicted octanol–water partition coefficient (Wildman–Crippen LogP) is 1.52. The fourth-order valence-electron chi connectivity index (χ4n) is 1.19. The molecule has 1 amide bonds. The maximum absolute atomic E-state index is 11.6. The number of carbonyl (C=O) groups excluding carboxylic acids is 1. The van der Waals surface area contributed by atoms with Gasteiger partial charge in [-0.1, -0.05) is 0 Å². The summed E-state index contributed by atoms with van der Waals surface area (Å²) in [4.78, 5) is 12.3. The Bertz CT molecular complexity index is 513. The Morgan fingerprint density at radius 1 is 1.50 bits per heavy atom. The minimum absolute atomic E-state index is 0.132. The maximum atomic E-state index is 11.6. The van der Waals surface area contributed by atoms with Gasteiger partial charge in [0.1, 0.15) is 0 Å². The number of thiophene rings is 1. The van der Waals surface area contributed by atoms with E-state index in [1.54, 1.807) is 6.07 Å². The van der Waals surface area contributed by atoms with Crippen LogP contribution in [-0.2, 0) is 10.0 Å². The van der Waals surface area contributed by atoms with Crippen LogP contribution in [0, 0.1) is 0 Å². The van der Waals surface area contributed by atoms with E-state index < -0.39 is 10.0 Å². The van der Waals surface area contributed by atoms with Crippen LogP contribution in [0.2, 0.25) is 0 Å². The zero-order chi connectivity index (χ0) is 13.8. The van der Waals surface area contributed by atoms with Gasteiger partial charge in [0.25, 0.3) is 5.91 Å². The fraction of sp³-hybridized carbons (Fsp3) is 0.500. The second kappa shape index (κ2) is 6.65. The molecule has 1 aromatic heterocycles. The highest BCUT2D eigenvalue weighted by atomic mass is 79.9. The molecule has 0 spiro atoms. The van der Waals surface area contributed by atoms with E-state index in [0.717, 1.165) is 10.0 Å². The van der Waals surface area contributed by atoms with Crippen molar-refractivity contribution in [1.82, 2.24) is 9.62 Å². The first kappa shape index (κ1) is 15.6. The zero-order valence-electron chi connectivity index (χ0n) is 10.1. The van der Waals surface area contributed by atoms with E-state index in [2.05, 4.69) is 21.2 Å². The number of sulfonamides is 1. The monoisotopic (exact) mass is 354 g/mol. The van der Waals surface area contributed by atoms with Crippen molar-refractivity contribution in [2.45, 2.75) is 6.42 Å². The first-order chi connectivity index (χ1) is 8.30. The van der Waals surface area contributed by atoms with Crippen molar-refractivity contribution < 1.29 is 13.2 Å². The molecule has 0 aliphatic carbocycles. The molecule has 8 heteroatoms. The number of rotatable bonds is 6. The van der Waals surface area contributed by atoms with Gasteiger partial charge in [-0.15, -0.1) is 11.3 Å². The van der Waals surface area contributed by atoms with Crippen molar-refractivity contribution in [2.75, 3.05) is 26.4 Å². The Hall–Kier alpha value is -0.440. The molecule has 102 valence electrons. The second-order valence-corrected chi connectivity index (χ2v) is 8.35. The number of hydrogen-bond acceptors (Lipinski definition) is 4. The van der Waals surface area contributed by atoms with Gasteiger partial charge >= 0.3 is 0 Å². The van der Waals surface area contributed by atoms with E-state index in [-0.39, 0.29) is 5.91 Å². The van der Waals surface area contributed by atoms with Crippen LogP contribution < -0.4 is 5.32 Å². The van der Waals surface area contributed by atoms with Crippen LogP contribution in [-0.4, -0.2) is 45.0 Å². The van der Waals surface area contributed by atoms with Crippen molar-refractivity contribution in [3.05, 3.63) is 20.8 Å². The topological polar surface area (TPSA) is 66.5 Å². The lowest BCUT2D eigenvalue weighted by Crippen LogP contribution is -2.30. The average Bonchev–Trinajstić information content (AvgIpc) is 2.69. The maximum Gasteiger partial charge on any atom is 0.261 e. The van der Waals surface area contributed by atoms with Crippen LogP contribution in [0.4, 0.5) is 0 Å². The van der Waals surface area contributed by atoms with Crippen LogP contribution >= 0.6 is 27.3 Å². The lowest BCUT2D eigenvalue weighted by atomic mass is 10.4. The number of halogens is 1. The van der Waals surface area contributed by atoms with E-state index >= 15 is 0 Å². The second-order valence-electron chi connectivity index (χ2n) is 3.80. The number of amides is 1. The summed E-state index contributed by atoms with van der Waals surface area (Å²) in [6.45, 7) is 0.849. The Balaban J connectivity index is 2.29. The summed E-state index contributed by atoms with van der Waals surface area (Å²) in [6, 6.07) is 3.56. The van der Waals surface area contributed by atoms with Gasteiger partial charge in [0.2, 0.25) is 10.0 Å². The van der Waals surface area contributed by atoms with Gasteiger partial charge < -0.3 is 5.32 Å². The molecule has 18 heavy (non-hydrogen) atoms. The third-order valence-corrected chi connectivity index (χ3v) is 5.24. The van der Waals surface area contributed by atoms with Crippen LogP contribution in [0.25, 0.3) is 0 Å². The normalized spacial score (nSPS) is 11.8. The lowest BCUT2D eigenvalue weighted by Gasteiger charge is -2.13. The Kier molecular flexibility index (Phi) is 5.77. The van der Waals surface area contributed by atoms with Crippen molar-refractivity contribution in [3.8, 4) is 0 Å². The van der Waals surface area contributed by atoms with Gasteiger partial charge in [0.05, 0.1) is 14.9 Å². The van der Waals surface area contributed by atoms with Crippen molar-refractivity contribution in [3.63, 3.8) is 0 Å². The van der Waals surface area contributed by atoms with Crippen LogP contribution in [0.3, 0.4) is 0 Å². The van der Waals surface area contributed by atoms with E-state index in [9.17, 15) is 13.2 Å².